The fraction of sp³-hybridized carbons (Fsp3) is 0.706. The first-order valence-electron chi connectivity index (χ1n) is 8.73. The van der Waals surface area contributed by atoms with Crippen molar-refractivity contribution in [1.29, 1.82) is 0 Å². The summed E-state index contributed by atoms with van der Waals surface area (Å²) in [4.78, 5) is 12.0. The van der Waals surface area contributed by atoms with Gasteiger partial charge in [0.25, 0.3) is 0 Å². The Bertz CT molecular complexity index is 645. The summed E-state index contributed by atoms with van der Waals surface area (Å²) in [6.07, 6.45) is -7.36. The molecule has 9 atom stereocenters. The van der Waals surface area contributed by atoms with E-state index in [1.807, 2.05) is 0 Å². The minimum absolute atomic E-state index is 0.0494. The van der Waals surface area contributed by atoms with Gasteiger partial charge in [-0.2, -0.15) is 0 Å². The molecular formula is C17H24O11. The molecule has 0 saturated carbocycles. The van der Waals surface area contributed by atoms with E-state index in [-0.39, 0.29) is 5.57 Å². The van der Waals surface area contributed by atoms with Gasteiger partial charge < -0.3 is 49.6 Å². The van der Waals surface area contributed by atoms with Gasteiger partial charge in [0.1, 0.15) is 24.4 Å². The number of aliphatic hydroxyl groups is 6. The van der Waals surface area contributed by atoms with E-state index in [0.29, 0.717) is 5.57 Å². The summed E-state index contributed by atoms with van der Waals surface area (Å²) >= 11 is 0. The molecule has 11 nitrogen and oxygen atoms in total. The molecular weight excluding hydrogens is 380 g/mol. The number of carbonyl (C=O) groups is 1. The summed E-state index contributed by atoms with van der Waals surface area (Å²) < 4.78 is 21.1. The van der Waals surface area contributed by atoms with E-state index in [4.69, 9.17) is 18.9 Å². The maximum absolute atomic E-state index is 12.0. The van der Waals surface area contributed by atoms with Gasteiger partial charge in [-0.15, -0.1) is 0 Å². The topological polar surface area (TPSA) is 175 Å². The van der Waals surface area contributed by atoms with E-state index in [1.54, 1.807) is 0 Å². The first-order valence-corrected chi connectivity index (χ1v) is 8.73. The molecule has 0 amide bonds. The van der Waals surface area contributed by atoms with Crippen LogP contribution in [0.3, 0.4) is 0 Å². The highest BCUT2D eigenvalue weighted by atomic mass is 16.8. The van der Waals surface area contributed by atoms with Crippen LogP contribution in [0, 0.1) is 11.8 Å². The van der Waals surface area contributed by atoms with Crippen molar-refractivity contribution in [3.05, 3.63) is 23.5 Å². The van der Waals surface area contributed by atoms with Gasteiger partial charge in [0.2, 0.25) is 6.29 Å². The van der Waals surface area contributed by atoms with Crippen molar-refractivity contribution in [1.82, 2.24) is 0 Å². The number of esters is 1. The van der Waals surface area contributed by atoms with Crippen LogP contribution in [-0.4, -0.2) is 100 Å². The van der Waals surface area contributed by atoms with Gasteiger partial charge in [-0.3, -0.25) is 0 Å². The first kappa shape index (κ1) is 21.1. The maximum Gasteiger partial charge on any atom is 0.337 e. The molecule has 0 bridgehead atoms. The van der Waals surface area contributed by atoms with Gasteiger partial charge in [0, 0.05) is 5.92 Å². The largest absolute Gasteiger partial charge is 0.471 e. The number of ether oxygens (including phenoxy) is 4. The van der Waals surface area contributed by atoms with Crippen molar-refractivity contribution >= 4 is 5.97 Å². The van der Waals surface area contributed by atoms with Crippen molar-refractivity contribution in [2.24, 2.45) is 11.8 Å². The van der Waals surface area contributed by atoms with E-state index in [0.717, 1.165) is 6.26 Å². The molecule has 0 aromatic rings. The molecule has 28 heavy (non-hydrogen) atoms. The molecule has 1 saturated heterocycles. The second kappa shape index (κ2) is 8.43. The quantitative estimate of drug-likeness (QED) is 0.200. The highest BCUT2D eigenvalue weighted by Gasteiger charge is 2.52. The van der Waals surface area contributed by atoms with Gasteiger partial charge in [-0.1, -0.05) is 6.08 Å². The Morgan fingerprint density at radius 1 is 1.07 bits per heavy atom. The normalized spacial score (nSPS) is 42.9. The summed E-state index contributed by atoms with van der Waals surface area (Å²) in [5, 5.41) is 59.1. The number of fused-ring (bicyclic) bond motifs is 1. The summed E-state index contributed by atoms with van der Waals surface area (Å²) in [7, 11) is 1.18. The van der Waals surface area contributed by atoms with E-state index >= 15 is 0 Å². The lowest BCUT2D eigenvalue weighted by atomic mass is 9.82. The summed E-state index contributed by atoms with van der Waals surface area (Å²) in [5.74, 6) is -2.34. The molecule has 2 aliphatic heterocycles. The van der Waals surface area contributed by atoms with Crippen LogP contribution in [0.1, 0.15) is 0 Å². The maximum atomic E-state index is 12.0. The fourth-order valence-electron chi connectivity index (χ4n) is 3.79. The van der Waals surface area contributed by atoms with Crippen LogP contribution in [0.4, 0.5) is 0 Å². The summed E-state index contributed by atoms with van der Waals surface area (Å²) in [5.41, 5.74) is 0.398. The second-order valence-corrected chi connectivity index (χ2v) is 6.84. The lowest BCUT2D eigenvalue weighted by molar-refractivity contribution is -0.340. The third-order valence-corrected chi connectivity index (χ3v) is 5.27. The number of methoxy groups -OCH3 is 1. The van der Waals surface area contributed by atoms with Crippen molar-refractivity contribution in [2.45, 2.75) is 43.1 Å². The van der Waals surface area contributed by atoms with Crippen LogP contribution in [0.5, 0.6) is 0 Å². The molecule has 158 valence electrons. The zero-order valence-electron chi connectivity index (χ0n) is 15.0. The third-order valence-electron chi connectivity index (χ3n) is 5.27. The van der Waals surface area contributed by atoms with E-state index in [9.17, 15) is 35.4 Å². The van der Waals surface area contributed by atoms with Crippen molar-refractivity contribution in [3.8, 4) is 0 Å². The second-order valence-electron chi connectivity index (χ2n) is 6.84. The van der Waals surface area contributed by atoms with Crippen LogP contribution in [0.2, 0.25) is 0 Å². The molecule has 1 aliphatic carbocycles. The van der Waals surface area contributed by atoms with Crippen LogP contribution in [0.25, 0.3) is 0 Å². The Morgan fingerprint density at radius 2 is 1.79 bits per heavy atom. The average Bonchev–Trinajstić information content (AvgIpc) is 3.05. The van der Waals surface area contributed by atoms with E-state index in [1.165, 1.54) is 13.2 Å². The van der Waals surface area contributed by atoms with Crippen molar-refractivity contribution in [3.63, 3.8) is 0 Å². The molecule has 3 aliphatic rings. The number of hydrogen-bond donors (Lipinski definition) is 6. The summed E-state index contributed by atoms with van der Waals surface area (Å²) in [6.45, 7) is -1.07. The smallest absolute Gasteiger partial charge is 0.337 e. The zero-order chi connectivity index (χ0) is 20.6. The summed E-state index contributed by atoms with van der Waals surface area (Å²) in [6, 6.07) is 0. The lowest BCUT2D eigenvalue weighted by Gasteiger charge is -2.43. The standard InChI is InChI=1S/C17H24O11/c1-25-15(24)7-5-26-16(10-6(3-18)2-8(20)11(7)10)28-17-14(23)13(22)12(21)9(4-19)27-17/h2,5,8-14,16-23H,3-4H2,1H3/t8-,9+,10?,11?,12+,13+,14+,16?,17-/m0/s1. The van der Waals surface area contributed by atoms with E-state index < -0.39 is 74.1 Å². The van der Waals surface area contributed by atoms with Gasteiger partial charge in [0.05, 0.1) is 44.2 Å². The Labute approximate surface area is 160 Å². The highest BCUT2D eigenvalue weighted by Crippen LogP contribution is 2.44. The van der Waals surface area contributed by atoms with Gasteiger partial charge in [-0.05, 0) is 5.57 Å². The van der Waals surface area contributed by atoms with Crippen molar-refractivity contribution < 1.29 is 54.4 Å². The number of carbonyl (C=O) groups excluding carboxylic acids is 1. The first-order chi connectivity index (χ1) is 13.3. The predicted molar refractivity (Wildman–Crippen MR) is 88.0 cm³/mol. The minimum Gasteiger partial charge on any atom is -0.471 e. The zero-order valence-corrected chi connectivity index (χ0v) is 15.0. The Balaban J connectivity index is 1.84. The van der Waals surface area contributed by atoms with Crippen LogP contribution < -0.4 is 0 Å². The highest BCUT2D eigenvalue weighted by molar-refractivity contribution is 5.89. The molecule has 0 aromatic heterocycles. The molecule has 11 heteroatoms. The molecule has 0 aromatic carbocycles. The number of aliphatic hydroxyl groups excluding tert-OH is 6. The molecule has 1 fully saturated rings. The molecule has 3 rings (SSSR count). The predicted octanol–water partition coefficient (Wildman–Crippen LogP) is -3.26. The van der Waals surface area contributed by atoms with Crippen molar-refractivity contribution in [2.75, 3.05) is 20.3 Å². The third kappa shape index (κ3) is 3.55. The molecule has 6 N–H and O–H groups in total. The van der Waals surface area contributed by atoms with Crippen LogP contribution in [0.15, 0.2) is 23.5 Å². The molecule has 3 unspecified atom stereocenters. The monoisotopic (exact) mass is 404 g/mol. The van der Waals surface area contributed by atoms with Gasteiger partial charge in [-0.25, -0.2) is 4.79 Å². The Kier molecular flexibility index (Phi) is 6.37. The fourth-order valence-corrected chi connectivity index (χ4v) is 3.79. The Morgan fingerprint density at radius 3 is 2.39 bits per heavy atom. The minimum atomic E-state index is -1.65. The molecule has 0 radical (unpaired) electrons. The average molecular weight is 404 g/mol. The molecule has 2 heterocycles. The van der Waals surface area contributed by atoms with Crippen LogP contribution in [-0.2, 0) is 23.7 Å². The molecule has 0 spiro atoms. The Hall–Kier alpha value is -1.57. The number of rotatable bonds is 5. The number of hydrogen-bond acceptors (Lipinski definition) is 11. The lowest BCUT2D eigenvalue weighted by Crippen LogP contribution is -2.60. The SMILES string of the molecule is COC(=O)C1=COC(O[C@@H]2O[C@H](CO)[C@@H](O)[C@@H](O)[C@H]2O)C2C(CO)=C[C@H](O)C12. The van der Waals surface area contributed by atoms with E-state index in [2.05, 4.69) is 0 Å². The van der Waals surface area contributed by atoms with Gasteiger partial charge >= 0.3 is 5.97 Å². The van der Waals surface area contributed by atoms with Crippen LogP contribution >= 0.6 is 0 Å². The van der Waals surface area contributed by atoms with Gasteiger partial charge in [0.15, 0.2) is 6.29 Å².